The van der Waals surface area contributed by atoms with Gasteiger partial charge in [0, 0.05) is 24.5 Å². The number of nitrogens with two attached hydrogens (primary N) is 1. The molecule has 0 spiro atoms. The molecule has 0 aromatic carbocycles. The van der Waals surface area contributed by atoms with Crippen molar-refractivity contribution in [1.82, 2.24) is 9.88 Å². The molecule has 1 aromatic rings. The molecule has 0 amide bonds. The fourth-order valence-electron chi connectivity index (χ4n) is 2.22. The van der Waals surface area contributed by atoms with E-state index >= 15 is 0 Å². The summed E-state index contributed by atoms with van der Waals surface area (Å²) >= 11 is 0. The molecule has 21 heavy (non-hydrogen) atoms. The first-order valence-electron chi connectivity index (χ1n) is 6.94. The molecule has 1 saturated heterocycles. The Balaban J connectivity index is 0.00000200. The van der Waals surface area contributed by atoms with Crippen molar-refractivity contribution in [3.63, 3.8) is 0 Å². The minimum atomic E-state index is 0. The van der Waals surface area contributed by atoms with Gasteiger partial charge in [0.25, 0.3) is 0 Å². The third kappa shape index (κ3) is 7.50. The summed E-state index contributed by atoms with van der Waals surface area (Å²) in [6.07, 6.45) is 8.40. The quantitative estimate of drug-likeness (QED) is 0.375. The lowest BCUT2D eigenvalue weighted by atomic mass is 10.1. The van der Waals surface area contributed by atoms with Gasteiger partial charge < -0.3 is 15.5 Å². The van der Waals surface area contributed by atoms with Crippen LogP contribution in [0.3, 0.4) is 0 Å². The van der Waals surface area contributed by atoms with E-state index in [1.807, 2.05) is 12.1 Å². The molecule has 2 rings (SSSR count). The molecule has 1 aromatic heterocycles. The van der Waals surface area contributed by atoms with Crippen LogP contribution >= 0.6 is 24.8 Å². The lowest BCUT2D eigenvalue weighted by Crippen LogP contribution is -2.31. The van der Waals surface area contributed by atoms with Crippen molar-refractivity contribution in [3.8, 4) is 0 Å². The molecule has 1 fully saturated rings. The molecule has 1 aliphatic rings. The van der Waals surface area contributed by atoms with E-state index < -0.39 is 0 Å². The second kappa shape index (κ2) is 11.6. The number of piperidine rings is 1. The topological polar surface area (TPSA) is 63.7 Å². The summed E-state index contributed by atoms with van der Waals surface area (Å²) in [6.45, 7) is 4.14. The first-order chi connectivity index (χ1) is 9.36. The van der Waals surface area contributed by atoms with Gasteiger partial charge in [0.15, 0.2) is 5.84 Å². The molecule has 2 heterocycles. The molecule has 7 heteroatoms. The third-order valence-corrected chi connectivity index (χ3v) is 3.28. The highest BCUT2D eigenvalue weighted by Crippen LogP contribution is 2.08. The highest BCUT2D eigenvalue weighted by atomic mass is 35.5. The first-order valence-corrected chi connectivity index (χ1v) is 6.94. The number of hydrogen-bond acceptors (Lipinski definition) is 4. The van der Waals surface area contributed by atoms with Crippen LogP contribution in [0.4, 0.5) is 0 Å². The number of aromatic nitrogens is 1. The van der Waals surface area contributed by atoms with Crippen molar-refractivity contribution >= 4 is 30.6 Å². The van der Waals surface area contributed by atoms with E-state index in [4.69, 9.17) is 10.6 Å². The Hall–Kier alpha value is -1.04. The van der Waals surface area contributed by atoms with Gasteiger partial charge >= 0.3 is 0 Å². The van der Waals surface area contributed by atoms with Crippen LogP contribution in [0.5, 0.6) is 0 Å². The second-order valence-corrected chi connectivity index (χ2v) is 4.81. The van der Waals surface area contributed by atoms with E-state index in [0.29, 0.717) is 12.4 Å². The van der Waals surface area contributed by atoms with Crippen LogP contribution < -0.4 is 5.73 Å². The smallest absolute Gasteiger partial charge is 0.171 e. The standard InChI is InChI=1S/C14H22N4O.2ClH/c15-14(13-6-4-7-16-12-13)17-19-11-5-10-18-8-2-1-3-9-18;;/h4,6-7,12H,1-3,5,8-11H2,(H2,15,17);2*1H. The maximum Gasteiger partial charge on any atom is 0.171 e. The lowest BCUT2D eigenvalue weighted by Gasteiger charge is -2.25. The molecule has 0 atom stereocenters. The van der Waals surface area contributed by atoms with Gasteiger partial charge in [-0.15, -0.1) is 24.8 Å². The van der Waals surface area contributed by atoms with Crippen molar-refractivity contribution in [2.45, 2.75) is 25.7 Å². The monoisotopic (exact) mass is 334 g/mol. The van der Waals surface area contributed by atoms with Gasteiger partial charge in [-0.05, 0) is 44.5 Å². The van der Waals surface area contributed by atoms with Crippen LogP contribution in [0.25, 0.3) is 0 Å². The van der Waals surface area contributed by atoms with E-state index in [2.05, 4.69) is 15.0 Å². The zero-order chi connectivity index (χ0) is 13.3. The molecule has 120 valence electrons. The number of pyridine rings is 1. The zero-order valence-corrected chi connectivity index (χ0v) is 13.7. The number of amidine groups is 1. The third-order valence-electron chi connectivity index (χ3n) is 3.28. The average Bonchev–Trinajstić information content (AvgIpc) is 2.49. The van der Waals surface area contributed by atoms with Gasteiger partial charge in [-0.3, -0.25) is 4.98 Å². The molecule has 0 aliphatic carbocycles. The SMILES string of the molecule is Cl.Cl.N/C(=N\OCCCN1CCCCC1)c1cccnc1. The summed E-state index contributed by atoms with van der Waals surface area (Å²) in [5.74, 6) is 0.381. The Morgan fingerprint density at radius 3 is 2.71 bits per heavy atom. The maximum atomic E-state index is 5.79. The van der Waals surface area contributed by atoms with Crippen LogP contribution in [-0.4, -0.2) is 42.0 Å². The summed E-state index contributed by atoms with van der Waals surface area (Å²) in [5.41, 5.74) is 6.58. The van der Waals surface area contributed by atoms with Gasteiger partial charge in [-0.2, -0.15) is 0 Å². The Bertz CT molecular complexity index is 397. The Labute approximate surface area is 138 Å². The van der Waals surface area contributed by atoms with Gasteiger partial charge in [-0.1, -0.05) is 11.6 Å². The summed E-state index contributed by atoms with van der Waals surface area (Å²) in [6, 6.07) is 3.69. The molecule has 2 N–H and O–H groups in total. The Morgan fingerprint density at radius 1 is 1.29 bits per heavy atom. The van der Waals surface area contributed by atoms with Gasteiger partial charge in [0.1, 0.15) is 6.61 Å². The van der Waals surface area contributed by atoms with Crippen molar-refractivity contribution in [1.29, 1.82) is 0 Å². The summed E-state index contributed by atoms with van der Waals surface area (Å²) < 4.78 is 0. The molecule has 5 nitrogen and oxygen atoms in total. The molecular weight excluding hydrogens is 311 g/mol. The number of hydrogen-bond donors (Lipinski definition) is 1. The summed E-state index contributed by atoms with van der Waals surface area (Å²) in [4.78, 5) is 11.7. The van der Waals surface area contributed by atoms with Gasteiger partial charge in [0.2, 0.25) is 0 Å². The van der Waals surface area contributed by atoms with E-state index in [1.54, 1.807) is 12.4 Å². The fourth-order valence-corrected chi connectivity index (χ4v) is 2.22. The number of likely N-dealkylation sites (tertiary alicyclic amines) is 1. The predicted molar refractivity (Wildman–Crippen MR) is 90.3 cm³/mol. The highest BCUT2D eigenvalue weighted by Gasteiger charge is 2.08. The number of halogens is 2. The van der Waals surface area contributed by atoms with Crippen LogP contribution in [0.1, 0.15) is 31.2 Å². The number of nitrogens with zero attached hydrogens (tertiary/aromatic N) is 3. The number of oxime groups is 1. The molecule has 1 aliphatic heterocycles. The predicted octanol–water partition coefficient (Wildman–Crippen LogP) is 2.44. The molecule has 0 unspecified atom stereocenters. The van der Waals surface area contributed by atoms with E-state index in [1.165, 1.54) is 32.4 Å². The molecule has 0 saturated carbocycles. The van der Waals surface area contributed by atoms with Crippen molar-refractivity contribution < 1.29 is 4.84 Å². The molecule has 0 radical (unpaired) electrons. The van der Waals surface area contributed by atoms with Crippen LogP contribution in [-0.2, 0) is 4.84 Å². The molecule has 0 bridgehead atoms. The average molecular weight is 335 g/mol. The normalized spacial score (nSPS) is 15.7. The van der Waals surface area contributed by atoms with Crippen LogP contribution in [0, 0.1) is 0 Å². The second-order valence-electron chi connectivity index (χ2n) is 4.81. The Kier molecular flexibility index (Phi) is 11.0. The Morgan fingerprint density at radius 2 is 2.05 bits per heavy atom. The summed E-state index contributed by atoms with van der Waals surface area (Å²) in [5, 5.41) is 3.91. The van der Waals surface area contributed by atoms with E-state index in [9.17, 15) is 0 Å². The van der Waals surface area contributed by atoms with E-state index in [0.717, 1.165) is 18.5 Å². The fraction of sp³-hybridized carbons (Fsp3) is 0.571. The zero-order valence-electron chi connectivity index (χ0n) is 12.1. The largest absolute Gasteiger partial charge is 0.394 e. The lowest BCUT2D eigenvalue weighted by molar-refractivity contribution is 0.124. The van der Waals surface area contributed by atoms with Crippen molar-refractivity contribution in [2.24, 2.45) is 10.9 Å². The van der Waals surface area contributed by atoms with Crippen molar-refractivity contribution in [2.75, 3.05) is 26.2 Å². The highest BCUT2D eigenvalue weighted by molar-refractivity contribution is 5.96. The first kappa shape index (κ1) is 20.0. The minimum absolute atomic E-state index is 0. The summed E-state index contributed by atoms with van der Waals surface area (Å²) in [7, 11) is 0. The number of rotatable bonds is 6. The van der Waals surface area contributed by atoms with E-state index in [-0.39, 0.29) is 24.8 Å². The van der Waals surface area contributed by atoms with Crippen LogP contribution in [0.15, 0.2) is 29.7 Å². The minimum Gasteiger partial charge on any atom is -0.394 e. The molecular formula is C14H24Cl2N4O. The van der Waals surface area contributed by atoms with Crippen LogP contribution in [0.2, 0.25) is 0 Å². The van der Waals surface area contributed by atoms with Crippen molar-refractivity contribution in [3.05, 3.63) is 30.1 Å². The van der Waals surface area contributed by atoms with Gasteiger partial charge in [-0.25, -0.2) is 0 Å². The van der Waals surface area contributed by atoms with Gasteiger partial charge in [0.05, 0.1) is 0 Å². The maximum absolute atomic E-state index is 5.79.